The number of methoxy groups -OCH3 is 1. The molecule has 0 saturated carbocycles. The Hall–Kier alpha value is -4.13. The third kappa shape index (κ3) is 4.78. The van der Waals surface area contributed by atoms with Gasteiger partial charge in [0.1, 0.15) is 5.75 Å². The lowest BCUT2D eigenvalue weighted by molar-refractivity contribution is 0.0697. The molecular formula is C22H18N2O5. The Labute approximate surface area is 166 Å². The minimum Gasteiger partial charge on any atom is -0.497 e. The molecule has 0 bridgehead atoms. The first-order valence-corrected chi connectivity index (χ1v) is 8.67. The minimum atomic E-state index is -1.13. The van der Waals surface area contributed by atoms with Gasteiger partial charge in [-0.05, 0) is 60.7 Å². The number of aromatic carboxylic acids is 1. The number of anilines is 2. The van der Waals surface area contributed by atoms with Crippen molar-refractivity contribution in [2.45, 2.75) is 0 Å². The first-order valence-electron chi connectivity index (χ1n) is 8.67. The van der Waals surface area contributed by atoms with Gasteiger partial charge in [-0.25, -0.2) is 4.79 Å². The average Bonchev–Trinajstić information content (AvgIpc) is 2.74. The number of carboxylic acid groups (broad SMARTS) is 1. The van der Waals surface area contributed by atoms with Gasteiger partial charge in [-0.1, -0.05) is 12.1 Å². The highest BCUT2D eigenvalue weighted by molar-refractivity contribution is 6.08. The molecule has 0 heterocycles. The monoisotopic (exact) mass is 390 g/mol. The molecule has 0 atom stereocenters. The van der Waals surface area contributed by atoms with Crippen LogP contribution in [0, 0.1) is 0 Å². The molecule has 0 aliphatic heterocycles. The van der Waals surface area contributed by atoms with Gasteiger partial charge in [-0.2, -0.15) is 0 Å². The molecule has 29 heavy (non-hydrogen) atoms. The number of carbonyl (C=O) groups is 3. The quantitative estimate of drug-likeness (QED) is 0.592. The molecule has 0 aliphatic carbocycles. The Bertz CT molecular complexity index is 1040. The summed E-state index contributed by atoms with van der Waals surface area (Å²) in [5.74, 6) is -1.22. The number of carbonyl (C=O) groups excluding carboxylic acids is 2. The number of hydrogen-bond donors (Lipinski definition) is 3. The van der Waals surface area contributed by atoms with Crippen LogP contribution in [0.2, 0.25) is 0 Å². The minimum absolute atomic E-state index is 0.00391. The number of amides is 2. The van der Waals surface area contributed by atoms with E-state index in [4.69, 9.17) is 4.74 Å². The van der Waals surface area contributed by atoms with E-state index in [1.54, 1.807) is 67.8 Å². The first kappa shape index (κ1) is 19.6. The third-order valence-electron chi connectivity index (χ3n) is 4.16. The maximum Gasteiger partial charge on any atom is 0.337 e. The van der Waals surface area contributed by atoms with Crippen molar-refractivity contribution in [3.63, 3.8) is 0 Å². The second-order valence-electron chi connectivity index (χ2n) is 6.06. The zero-order valence-electron chi connectivity index (χ0n) is 15.5. The standard InChI is InChI=1S/C22H18N2O5/c1-29-17-12-8-15(9-13-17)20(25)23-16-10-6-14(7-11-16)21(26)24-19-5-3-2-4-18(19)22(27)28/h2-13H,1H3,(H,23,25)(H,24,26)(H,27,28). The molecule has 3 aromatic rings. The summed E-state index contributed by atoms with van der Waals surface area (Å²) in [6.07, 6.45) is 0. The smallest absolute Gasteiger partial charge is 0.337 e. The number of carboxylic acids is 1. The van der Waals surface area contributed by atoms with Crippen LogP contribution in [-0.4, -0.2) is 30.0 Å². The average molecular weight is 390 g/mol. The van der Waals surface area contributed by atoms with Gasteiger partial charge in [0.25, 0.3) is 11.8 Å². The Kier molecular flexibility index (Phi) is 5.89. The van der Waals surface area contributed by atoms with Gasteiger partial charge in [-0.15, -0.1) is 0 Å². The first-order chi connectivity index (χ1) is 14.0. The van der Waals surface area contributed by atoms with Gasteiger partial charge >= 0.3 is 5.97 Å². The molecule has 7 heteroatoms. The van der Waals surface area contributed by atoms with Crippen LogP contribution in [0.4, 0.5) is 11.4 Å². The van der Waals surface area contributed by atoms with Crippen LogP contribution in [-0.2, 0) is 0 Å². The number of benzene rings is 3. The van der Waals surface area contributed by atoms with Crippen molar-refractivity contribution in [3.05, 3.63) is 89.5 Å². The fourth-order valence-corrected chi connectivity index (χ4v) is 2.62. The van der Waals surface area contributed by atoms with Crippen molar-refractivity contribution >= 4 is 29.2 Å². The molecule has 0 unspecified atom stereocenters. The maximum absolute atomic E-state index is 12.4. The number of para-hydroxylation sites is 1. The topological polar surface area (TPSA) is 105 Å². The molecule has 0 spiro atoms. The number of hydrogen-bond acceptors (Lipinski definition) is 4. The second-order valence-corrected chi connectivity index (χ2v) is 6.06. The van der Waals surface area contributed by atoms with E-state index < -0.39 is 11.9 Å². The van der Waals surface area contributed by atoms with Gasteiger partial charge in [0.2, 0.25) is 0 Å². The summed E-state index contributed by atoms with van der Waals surface area (Å²) in [7, 11) is 1.55. The Morgan fingerprint density at radius 2 is 1.31 bits per heavy atom. The molecule has 0 radical (unpaired) electrons. The van der Waals surface area contributed by atoms with Crippen molar-refractivity contribution in [2.75, 3.05) is 17.7 Å². The van der Waals surface area contributed by atoms with E-state index in [0.29, 0.717) is 22.6 Å². The largest absolute Gasteiger partial charge is 0.497 e. The van der Waals surface area contributed by atoms with Crippen LogP contribution in [0.25, 0.3) is 0 Å². The Balaban J connectivity index is 1.67. The zero-order valence-corrected chi connectivity index (χ0v) is 15.5. The van der Waals surface area contributed by atoms with Gasteiger partial charge < -0.3 is 20.5 Å². The van der Waals surface area contributed by atoms with E-state index in [1.165, 1.54) is 12.1 Å². The molecule has 2 amide bonds. The predicted octanol–water partition coefficient (Wildman–Crippen LogP) is 3.90. The summed E-state index contributed by atoms with van der Waals surface area (Å²) in [5.41, 5.74) is 1.53. The van der Waals surface area contributed by atoms with Crippen LogP contribution < -0.4 is 15.4 Å². The lowest BCUT2D eigenvalue weighted by atomic mass is 10.1. The van der Waals surface area contributed by atoms with E-state index in [-0.39, 0.29) is 17.2 Å². The molecule has 146 valence electrons. The van der Waals surface area contributed by atoms with E-state index in [2.05, 4.69) is 10.6 Å². The SMILES string of the molecule is COc1ccc(C(=O)Nc2ccc(C(=O)Nc3ccccc3C(=O)O)cc2)cc1. The molecule has 3 aromatic carbocycles. The lowest BCUT2D eigenvalue weighted by Gasteiger charge is -2.09. The Morgan fingerprint density at radius 3 is 1.90 bits per heavy atom. The number of rotatable bonds is 6. The summed E-state index contributed by atoms with van der Waals surface area (Å²) in [5, 5.41) is 14.5. The lowest BCUT2D eigenvalue weighted by Crippen LogP contribution is -2.15. The van der Waals surface area contributed by atoms with Crippen molar-refractivity contribution in [1.82, 2.24) is 0 Å². The number of nitrogens with one attached hydrogen (secondary N) is 2. The van der Waals surface area contributed by atoms with Crippen molar-refractivity contribution < 1.29 is 24.2 Å². The second kappa shape index (κ2) is 8.71. The predicted molar refractivity (Wildman–Crippen MR) is 109 cm³/mol. The van der Waals surface area contributed by atoms with Crippen LogP contribution in [0.1, 0.15) is 31.1 Å². The number of ether oxygens (including phenoxy) is 1. The molecule has 0 aliphatic rings. The van der Waals surface area contributed by atoms with E-state index >= 15 is 0 Å². The zero-order chi connectivity index (χ0) is 20.8. The van der Waals surface area contributed by atoms with Gasteiger partial charge in [0, 0.05) is 16.8 Å². The molecule has 7 nitrogen and oxygen atoms in total. The fraction of sp³-hybridized carbons (Fsp3) is 0.0455. The van der Waals surface area contributed by atoms with E-state index in [0.717, 1.165) is 0 Å². The van der Waals surface area contributed by atoms with Crippen LogP contribution >= 0.6 is 0 Å². The van der Waals surface area contributed by atoms with E-state index in [1.807, 2.05) is 0 Å². The molecular weight excluding hydrogens is 372 g/mol. The van der Waals surface area contributed by atoms with Crippen LogP contribution in [0.15, 0.2) is 72.8 Å². The van der Waals surface area contributed by atoms with Crippen molar-refractivity contribution in [2.24, 2.45) is 0 Å². The maximum atomic E-state index is 12.4. The highest BCUT2D eigenvalue weighted by atomic mass is 16.5. The van der Waals surface area contributed by atoms with Gasteiger partial charge in [-0.3, -0.25) is 9.59 Å². The molecule has 0 saturated heterocycles. The molecule has 0 fully saturated rings. The van der Waals surface area contributed by atoms with Gasteiger partial charge in [0.05, 0.1) is 18.4 Å². The molecule has 3 N–H and O–H groups in total. The summed E-state index contributed by atoms with van der Waals surface area (Å²) in [6.45, 7) is 0. The molecule has 0 aromatic heterocycles. The van der Waals surface area contributed by atoms with E-state index in [9.17, 15) is 19.5 Å². The summed E-state index contributed by atoms with van der Waals surface area (Å²) in [6, 6.07) is 19.1. The Morgan fingerprint density at radius 1 is 0.759 bits per heavy atom. The third-order valence-corrected chi connectivity index (χ3v) is 4.16. The fourth-order valence-electron chi connectivity index (χ4n) is 2.62. The summed E-state index contributed by atoms with van der Waals surface area (Å²) < 4.78 is 5.06. The van der Waals surface area contributed by atoms with Crippen molar-refractivity contribution in [1.29, 1.82) is 0 Å². The summed E-state index contributed by atoms with van der Waals surface area (Å²) in [4.78, 5) is 35.9. The summed E-state index contributed by atoms with van der Waals surface area (Å²) >= 11 is 0. The highest BCUT2D eigenvalue weighted by Gasteiger charge is 2.13. The van der Waals surface area contributed by atoms with Crippen molar-refractivity contribution in [3.8, 4) is 5.75 Å². The van der Waals surface area contributed by atoms with Crippen LogP contribution in [0.5, 0.6) is 5.75 Å². The van der Waals surface area contributed by atoms with Crippen LogP contribution in [0.3, 0.4) is 0 Å². The molecule has 3 rings (SSSR count). The van der Waals surface area contributed by atoms with Gasteiger partial charge in [0.15, 0.2) is 0 Å². The normalized spacial score (nSPS) is 10.1. The highest BCUT2D eigenvalue weighted by Crippen LogP contribution is 2.18.